The molecule has 1 saturated carbocycles. The average Bonchev–Trinajstić information content (AvgIpc) is 3.52. The molecule has 1 aliphatic heterocycles. The van der Waals surface area contributed by atoms with Gasteiger partial charge in [-0.05, 0) is 30.5 Å². The summed E-state index contributed by atoms with van der Waals surface area (Å²) in [6, 6.07) is 2.84. The number of carbonyl (C=O) groups excluding carboxylic acids is 1. The third kappa shape index (κ3) is 5.25. The fourth-order valence-corrected chi connectivity index (χ4v) is 6.40. The van der Waals surface area contributed by atoms with Crippen molar-refractivity contribution >= 4 is 15.9 Å². The van der Waals surface area contributed by atoms with Gasteiger partial charge >= 0.3 is 6.18 Å². The maximum atomic E-state index is 13.5. The van der Waals surface area contributed by atoms with Gasteiger partial charge in [0.25, 0.3) is 15.9 Å². The second-order valence-electron chi connectivity index (χ2n) is 9.25. The molecule has 0 atom stereocenters. The molecule has 2 aromatic rings. The van der Waals surface area contributed by atoms with Crippen molar-refractivity contribution in [3.63, 3.8) is 0 Å². The van der Waals surface area contributed by atoms with Gasteiger partial charge in [0.2, 0.25) is 5.03 Å². The van der Waals surface area contributed by atoms with E-state index < -0.39 is 45.4 Å². The Bertz CT molecular complexity index is 1200. The first-order valence-corrected chi connectivity index (χ1v) is 13.1. The van der Waals surface area contributed by atoms with Crippen molar-refractivity contribution in [3.8, 4) is 0 Å². The summed E-state index contributed by atoms with van der Waals surface area (Å²) in [5, 5.41) is 9.94. The highest BCUT2D eigenvalue weighted by Gasteiger charge is 2.43. The maximum absolute atomic E-state index is 13.5. The topological polar surface area (TPSA) is 100 Å². The molecule has 9 nitrogen and oxygen atoms in total. The normalized spacial score (nSPS) is 19.5. The van der Waals surface area contributed by atoms with Gasteiger partial charge in [0.05, 0.1) is 17.3 Å². The molecule has 2 heterocycles. The first-order chi connectivity index (χ1) is 17.0. The molecule has 36 heavy (non-hydrogen) atoms. The summed E-state index contributed by atoms with van der Waals surface area (Å²) in [7, 11) is -2.21. The van der Waals surface area contributed by atoms with Crippen LogP contribution >= 0.6 is 0 Å². The van der Waals surface area contributed by atoms with Crippen LogP contribution in [0.2, 0.25) is 0 Å². The molecule has 1 N–H and O–H groups in total. The van der Waals surface area contributed by atoms with Crippen LogP contribution in [0.15, 0.2) is 29.4 Å². The third-order valence-corrected chi connectivity index (χ3v) is 8.76. The van der Waals surface area contributed by atoms with Crippen molar-refractivity contribution in [2.24, 2.45) is 7.05 Å². The molecule has 1 amide bonds. The second-order valence-corrected chi connectivity index (χ2v) is 11.1. The van der Waals surface area contributed by atoms with Gasteiger partial charge in [-0.3, -0.25) is 14.4 Å². The van der Waals surface area contributed by atoms with E-state index in [2.05, 4.69) is 20.5 Å². The molecule has 1 aromatic carbocycles. The molecular formula is C22H28F4N6O3S. The minimum Gasteiger partial charge on any atom is -0.350 e. The molecule has 1 saturated heterocycles. The minimum atomic E-state index is -4.80. The zero-order valence-electron chi connectivity index (χ0n) is 19.8. The zero-order valence-corrected chi connectivity index (χ0v) is 20.6. The predicted octanol–water partition coefficient (Wildman–Crippen LogP) is 2.35. The van der Waals surface area contributed by atoms with Crippen molar-refractivity contribution in [2.75, 3.05) is 32.7 Å². The van der Waals surface area contributed by atoms with Gasteiger partial charge in [0.1, 0.15) is 6.67 Å². The zero-order chi connectivity index (χ0) is 26.1. The quantitative estimate of drug-likeness (QED) is 0.550. The highest BCUT2D eigenvalue weighted by atomic mass is 32.2. The number of nitrogens with zero attached hydrogens (tertiary/aromatic N) is 5. The number of nitrogens with one attached hydrogen (secondary N) is 1. The van der Waals surface area contributed by atoms with Crippen LogP contribution in [0.25, 0.3) is 0 Å². The number of hydrogen-bond acceptors (Lipinski definition) is 6. The molecule has 0 radical (unpaired) electrons. The Labute approximate surface area is 206 Å². The lowest BCUT2D eigenvalue weighted by Crippen LogP contribution is -2.60. The van der Waals surface area contributed by atoms with Gasteiger partial charge < -0.3 is 5.32 Å². The van der Waals surface area contributed by atoms with E-state index in [1.54, 1.807) is 7.05 Å². The Morgan fingerprint density at radius 1 is 1.14 bits per heavy atom. The lowest BCUT2D eigenvalue weighted by molar-refractivity contribution is -0.138. The number of alkyl halides is 4. The molecule has 14 heteroatoms. The molecule has 198 valence electrons. The summed E-state index contributed by atoms with van der Waals surface area (Å²) < 4.78 is 81.8. The van der Waals surface area contributed by atoms with E-state index in [1.807, 2.05) is 0 Å². The smallest absolute Gasteiger partial charge is 0.350 e. The Hall–Kier alpha value is -2.58. The van der Waals surface area contributed by atoms with E-state index in [0.717, 1.165) is 31.7 Å². The van der Waals surface area contributed by atoms with Crippen molar-refractivity contribution in [3.05, 3.63) is 41.1 Å². The molecule has 2 aliphatic rings. The molecule has 0 bridgehead atoms. The Morgan fingerprint density at radius 2 is 1.81 bits per heavy atom. The lowest BCUT2D eigenvalue weighted by Gasteiger charge is -2.45. The summed E-state index contributed by atoms with van der Waals surface area (Å²) in [6.07, 6.45) is -0.201. The number of amides is 1. The van der Waals surface area contributed by atoms with Crippen molar-refractivity contribution in [2.45, 2.75) is 49.1 Å². The summed E-state index contributed by atoms with van der Waals surface area (Å²) >= 11 is 0. The van der Waals surface area contributed by atoms with Crippen LogP contribution in [-0.4, -0.2) is 76.8 Å². The van der Waals surface area contributed by atoms with Crippen LogP contribution in [0.5, 0.6) is 0 Å². The van der Waals surface area contributed by atoms with E-state index in [-0.39, 0.29) is 30.2 Å². The Balaban J connectivity index is 1.45. The van der Waals surface area contributed by atoms with Crippen LogP contribution in [0.1, 0.15) is 47.2 Å². The van der Waals surface area contributed by atoms with Gasteiger partial charge in [-0.1, -0.05) is 24.1 Å². The fraction of sp³-hybridized carbons (Fsp3) is 0.591. The minimum absolute atomic E-state index is 0.124. The van der Waals surface area contributed by atoms with Crippen LogP contribution < -0.4 is 5.32 Å². The van der Waals surface area contributed by atoms with Gasteiger partial charge in [0, 0.05) is 45.3 Å². The molecule has 2 fully saturated rings. The van der Waals surface area contributed by atoms with Crippen LogP contribution in [0, 0.1) is 0 Å². The van der Waals surface area contributed by atoms with E-state index in [0.29, 0.717) is 19.2 Å². The molecule has 0 unspecified atom stereocenters. The lowest BCUT2D eigenvalue weighted by atomic mass is 9.93. The Kier molecular flexibility index (Phi) is 7.40. The number of piperazine rings is 1. The molecule has 1 aromatic heterocycles. The van der Waals surface area contributed by atoms with Crippen molar-refractivity contribution in [1.82, 2.24) is 29.5 Å². The van der Waals surface area contributed by atoms with E-state index in [9.17, 15) is 30.8 Å². The highest BCUT2D eigenvalue weighted by Crippen LogP contribution is 2.37. The monoisotopic (exact) mass is 532 g/mol. The van der Waals surface area contributed by atoms with E-state index in [1.165, 1.54) is 21.3 Å². The molecule has 0 spiro atoms. The average molecular weight is 533 g/mol. The predicted molar refractivity (Wildman–Crippen MR) is 121 cm³/mol. The van der Waals surface area contributed by atoms with E-state index >= 15 is 0 Å². The summed E-state index contributed by atoms with van der Waals surface area (Å²) in [4.78, 5) is 14.9. The van der Waals surface area contributed by atoms with Crippen molar-refractivity contribution in [1.29, 1.82) is 0 Å². The van der Waals surface area contributed by atoms with Gasteiger partial charge in [0.15, 0.2) is 0 Å². The van der Waals surface area contributed by atoms with Crippen LogP contribution in [0.4, 0.5) is 17.6 Å². The number of aromatic nitrogens is 3. The summed E-state index contributed by atoms with van der Waals surface area (Å²) in [5.74, 6) is -0.872. The first-order valence-electron chi connectivity index (χ1n) is 11.6. The SMILES string of the molecule is Cn1cc(S(=O)(=O)N2CCN(C3(CNC(=O)c4ccc(CF)cc4C(F)(F)F)CCCC3)CC2)nn1. The third-order valence-electron chi connectivity index (χ3n) is 7.00. The highest BCUT2D eigenvalue weighted by molar-refractivity contribution is 7.89. The maximum Gasteiger partial charge on any atom is 0.417 e. The summed E-state index contributed by atoms with van der Waals surface area (Å²) in [6.45, 7) is 0.329. The van der Waals surface area contributed by atoms with E-state index in [4.69, 9.17) is 0 Å². The Morgan fingerprint density at radius 3 is 2.36 bits per heavy atom. The second kappa shape index (κ2) is 10.1. The van der Waals surface area contributed by atoms with Gasteiger partial charge in [-0.25, -0.2) is 12.8 Å². The number of halogens is 4. The number of aryl methyl sites for hydroxylation is 1. The fourth-order valence-electron chi connectivity index (χ4n) is 5.06. The summed E-state index contributed by atoms with van der Waals surface area (Å²) in [5.41, 5.74) is -2.35. The van der Waals surface area contributed by atoms with Gasteiger partial charge in [-0.2, -0.15) is 17.5 Å². The number of rotatable bonds is 7. The number of sulfonamides is 1. The number of hydrogen-bond donors (Lipinski definition) is 1. The molecule has 4 rings (SSSR count). The number of carbonyl (C=O) groups is 1. The van der Waals surface area contributed by atoms with Crippen LogP contribution in [0.3, 0.4) is 0 Å². The number of benzene rings is 1. The van der Waals surface area contributed by atoms with Crippen LogP contribution in [-0.2, 0) is 29.9 Å². The van der Waals surface area contributed by atoms with Crippen molar-refractivity contribution < 1.29 is 30.8 Å². The molecule has 1 aliphatic carbocycles. The molecular weight excluding hydrogens is 504 g/mol. The standard InChI is InChI=1S/C22H28F4N6O3S/c1-30-14-19(28-29-30)36(34,35)32-10-8-31(9-11-32)21(6-2-3-7-21)15-27-20(33)17-5-4-16(13-23)12-18(17)22(24,25)26/h4-5,12,14H,2-3,6-11,13,15H2,1H3,(H,27,33). The largest absolute Gasteiger partial charge is 0.417 e. The van der Waals surface area contributed by atoms with Gasteiger partial charge in [-0.15, -0.1) is 5.10 Å². The first kappa shape index (κ1) is 26.5.